The number of aromatic nitrogens is 1. The molecule has 2 saturated heterocycles. The maximum atomic E-state index is 12.4. The van der Waals surface area contributed by atoms with Gasteiger partial charge in [0, 0.05) is 51.7 Å². The molecule has 3 heterocycles. The van der Waals surface area contributed by atoms with Crippen LogP contribution in [-0.4, -0.2) is 60.1 Å². The number of pyridine rings is 1. The fraction of sp³-hybridized carbons (Fsp3) is 0.625. The first-order chi connectivity index (χ1) is 10.3. The Labute approximate surface area is 125 Å². The lowest BCUT2D eigenvalue weighted by Crippen LogP contribution is -2.39. The van der Waals surface area contributed by atoms with Crippen molar-refractivity contribution in [2.75, 3.05) is 39.4 Å². The van der Waals surface area contributed by atoms with E-state index >= 15 is 0 Å². The van der Waals surface area contributed by atoms with Crippen molar-refractivity contribution in [2.24, 2.45) is 5.92 Å². The van der Waals surface area contributed by atoms with E-state index in [4.69, 9.17) is 4.74 Å². The molecule has 1 aromatic rings. The van der Waals surface area contributed by atoms with Crippen LogP contribution in [0.5, 0.6) is 0 Å². The van der Waals surface area contributed by atoms with Gasteiger partial charge in [-0.3, -0.25) is 14.7 Å². The Hall–Kier alpha value is -1.46. The van der Waals surface area contributed by atoms with E-state index in [1.165, 1.54) is 5.56 Å². The van der Waals surface area contributed by atoms with Crippen LogP contribution in [0.2, 0.25) is 0 Å². The summed E-state index contributed by atoms with van der Waals surface area (Å²) < 4.78 is 5.34. The molecule has 0 bridgehead atoms. The number of nitrogens with zero attached hydrogens (tertiary/aromatic N) is 3. The first-order valence-electron chi connectivity index (χ1n) is 7.81. The van der Waals surface area contributed by atoms with Crippen molar-refractivity contribution in [3.63, 3.8) is 0 Å². The van der Waals surface area contributed by atoms with Crippen LogP contribution < -0.4 is 0 Å². The molecular formula is C16H23N3O2. The highest BCUT2D eigenvalue weighted by Crippen LogP contribution is 2.17. The molecular weight excluding hydrogens is 266 g/mol. The molecule has 1 aromatic heterocycles. The molecule has 0 aliphatic carbocycles. The van der Waals surface area contributed by atoms with Gasteiger partial charge >= 0.3 is 0 Å². The van der Waals surface area contributed by atoms with Gasteiger partial charge in [0.25, 0.3) is 0 Å². The number of rotatable bonds is 3. The quantitative estimate of drug-likeness (QED) is 0.837. The summed E-state index contributed by atoms with van der Waals surface area (Å²) in [5.74, 6) is 0.384. The van der Waals surface area contributed by atoms with Gasteiger partial charge in [-0.05, 0) is 30.5 Å². The standard InChI is InChI=1S/C16H23N3O2/c20-16(15-4-11-21-13-15)19-8-1-7-18(9-10-19)12-14-2-5-17-6-3-14/h2-3,5-6,15H,1,4,7-13H2/t15-/m0/s1. The number of hydrogen-bond acceptors (Lipinski definition) is 4. The van der Waals surface area contributed by atoms with Crippen LogP contribution >= 0.6 is 0 Å². The summed E-state index contributed by atoms with van der Waals surface area (Å²) in [6, 6.07) is 4.12. The zero-order valence-electron chi connectivity index (χ0n) is 12.4. The molecule has 0 aromatic carbocycles. The van der Waals surface area contributed by atoms with Crippen LogP contribution in [0.25, 0.3) is 0 Å². The largest absolute Gasteiger partial charge is 0.381 e. The Morgan fingerprint density at radius 2 is 2.10 bits per heavy atom. The van der Waals surface area contributed by atoms with Gasteiger partial charge in [0.05, 0.1) is 12.5 Å². The van der Waals surface area contributed by atoms with E-state index < -0.39 is 0 Å². The Morgan fingerprint density at radius 1 is 1.24 bits per heavy atom. The van der Waals surface area contributed by atoms with E-state index in [9.17, 15) is 4.79 Å². The third-order valence-electron chi connectivity index (χ3n) is 4.33. The number of ether oxygens (including phenoxy) is 1. The van der Waals surface area contributed by atoms with Gasteiger partial charge in [0.2, 0.25) is 5.91 Å². The van der Waals surface area contributed by atoms with Crippen LogP contribution in [0.1, 0.15) is 18.4 Å². The number of carbonyl (C=O) groups excluding carboxylic acids is 1. The van der Waals surface area contributed by atoms with Crippen molar-refractivity contribution in [3.8, 4) is 0 Å². The molecule has 0 unspecified atom stereocenters. The summed E-state index contributed by atoms with van der Waals surface area (Å²) in [6.07, 6.45) is 5.60. The molecule has 0 spiro atoms. The highest BCUT2D eigenvalue weighted by Gasteiger charge is 2.29. The Morgan fingerprint density at radius 3 is 2.86 bits per heavy atom. The topological polar surface area (TPSA) is 45.7 Å². The van der Waals surface area contributed by atoms with Crippen molar-refractivity contribution in [1.29, 1.82) is 0 Å². The van der Waals surface area contributed by atoms with E-state index in [2.05, 4.69) is 22.0 Å². The highest BCUT2D eigenvalue weighted by atomic mass is 16.5. The number of amides is 1. The van der Waals surface area contributed by atoms with Crippen molar-refractivity contribution in [2.45, 2.75) is 19.4 Å². The van der Waals surface area contributed by atoms with Gasteiger partial charge in [0.15, 0.2) is 0 Å². The van der Waals surface area contributed by atoms with Gasteiger partial charge < -0.3 is 9.64 Å². The first kappa shape index (κ1) is 14.5. The van der Waals surface area contributed by atoms with E-state index in [0.29, 0.717) is 12.5 Å². The minimum absolute atomic E-state index is 0.0942. The van der Waals surface area contributed by atoms with Crippen molar-refractivity contribution < 1.29 is 9.53 Å². The van der Waals surface area contributed by atoms with Gasteiger partial charge in [-0.1, -0.05) is 0 Å². The Bertz CT molecular complexity index is 460. The maximum absolute atomic E-state index is 12.4. The van der Waals surface area contributed by atoms with Crippen molar-refractivity contribution >= 4 is 5.91 Å². The Kier molecular flexibility index (Phi) is 4.83. The minimum atomic E-state index is 0.0942. The highest BCUT2D eigenvalue weighted by molar-refractivity contribution is 5.79. The van der Waals surface area contributed by atoms with Gasteiger partial charge in [-0.2, -0.15) is 0 Å². The summed E-state index contributed by atoms with van der Waals surface area (Å²) >= 11 is 0. The number of hydrogen-bond donors (Lipinski definition) is 0. The molecule has 0 radical (unpaired) electrons. The van der Waals surface area contributed by atoms with Crippen molar-refractivity contribution in [3.05, 3.63) is 30.1 Å². The summed E-state index contributed by atoms with van der Waals surface area (Å²) in [5, 5.41) is 0. The molecule has 2 aliphatic heterocycles. The number of carbonyl (C=O) groups is 1. The molecule has 3 rings (SSSR count). The van der Waals surface area contributed by atoms with E-state index in [1.807, 2.05) is 17.3 Å². The average molecular weight is 289 g/mol. The van der Waals surface area contributed by atoms with Crippen LogP contribution in [0.15, 0.2) is 24.5 Å². The second-order valence-corrected chi connectivity index (χ2v) is 5.87. The second kappa shape index (κ2) is 7.00. The van der Waals surface area contributed by atoms with Crippen LogP contribution in [-0.2, 0) is 16.1 Å². The lowest BCUT2D eigenvalue weighted by atomic mass is 10.1. The predicted molar refractivity (Wildman–Crippen MR) is 79.6 cm³/mol. The zero-order valence-corrected chi connectivity index (χ0v) is 12.4. The SMILES string of the molecule is O=C([C@H]1CCOC1)N1CCCN(Cc2ccncc2)CC1. The third-order valence-corrected chi connectivity index (χ3v) is 4.33. The monoisotopic (exact) mass is 289 g/mol. The lowest BCUT2D eigenvalue weighted by molar-refractivity contribution is -0.135. The maximum Gasteiger partial charge on any atom is 0.228 e. The summed E-state index contributed by atoms with van der Waals surface area (Å²) in [5.41, 5.74) is 1.29. The summed E-state index contributed by atoms with van der Waals surface area (Å²) in [6.45, 7) is 5.99. The summed E-state index contributed by atoms with van der Waals surface area (Å²) in [4.78, 5) is 20.9. The predicted octanol–water partition coefficient (Wildman–Crippen LogP) is 1.15. The van der Waals surface area contributed by atoms with Gasteiger partial charge in [0.1, 0.15) is 0 Å². The lowest BCUT2D eigenvalue weighted by Gasteiger charge is -2.24. The normalized spacial score (nSPS) is 24.0. The molecule has 0 saturated carbocycles. The molecule has 2 fully saturated rings. The van der Waals surface area contributed by atoms with Crippen LogP contribution in [0.4, 0.5) is 0 Å². The van der Waals surface area contributed by atoms with E-state index in [1.54, 1.807) is 0 Å². The summed E-state index contributed by atoms with van der Waals surface area (Å²) in [7, 11) is 0. The third kappa shape index (κ3) is 3.80. The van der Waals surface area contributed by atoms with Crippen molar-refractivity contribution in [1.82, 2.24) is 14.8 Å². The van der Waals surface area contributed by atoms with Crippen LogP contribution in [0.3, 0.4) is 0 Å². The van der Waals surface area contributed by atoms with Crippen LogP contribution in [0, 0.1) is 5.92 Å². The van der Waals surface area contributed by atoms with E-state index in [-0.39, 0.29) is 5.92 Å². The van der Waals surface area contributed by atoms with Gasteiger partial charge in [-0.15, -0.1) is 0 Å². The average Bonchev–Trinajstić information content (AvgIpc) is 2.95. The molecule has 5 nitrogen and oxygen atoms in total. The Balaban J connectivity index is 1.53. The van der Waals surface area contributed by atoms with E-state index in [0.717, 1.165) is 52.2 Å². The molecule has 5 heteroatoms. The minimum Gasteiger partial charge on any atom is -0.381 e. The molecule has 1 amide bonds. The smallest absolute Gasteiger partial charge is 0.228 e. The molecule has 0 N–H and O–H groups in total. The molecule has 21 heavy (non-hydrogen) atoms. The van der Waals surface area contributed by atoms with Gasteiger partial charge in [-0.25, -0.2) is 0 Å². The second-order valence-electron chi connectivity index (χ2n) is 5.87. The molecule has 114 valence electrons. The first-order valence-corrected chi connectivity index (χ1v) is 7.81. The molecule has 2 aliphatic rings. The zero-order chi connectivity index (χ0) is 14.5. The fourth-order valence-corrected chi connectivity index (χ4v) is 3.08. The fourth-order valence-electron chi connectivity index (χ4n) is 3.08. The molecule has 1 atom stereocenters.